The number of ketones is 1. The first-order chi connectivity index (χ1) is 10.3. The molecule has 1 fully saturated rings. The Bertz CT molecular complexity index is 523. The Kier molecular flexibility index (Phi) is 5.41. The van der Waals surface area contributed by atoms with E-state index in [2.05, 4.69) is 55.8 Å². The Morgan fingerprint density at radius 2 is 1.77 bits per heavy atom. The van der Waals surface area contributed by atoms with Crippen LogP contribution in [0.2, 0.25) is 0 Å². The number of hydrogen-bond donors (Lipinski definition) is 0. The van der Waals surface area contributed by atoms with Gasteiger partial charge in [-0.3, -0.25) is 4.79 Å². The number of hydrogen-bond acceptors (Lipinski definition) is 3. The Labute approximate surface area is 135 Å². The Morgan fingerprint density at radius 1 is 1.14 bits per heavy atom. The van der Waals surface area contributed by atoms with Gasteiger partial charge in [0.1, 0.15) is 0 Å². The number of piperazine rings is 1. The lowest BCUT2D eigenvalue weighted by Crippen LogP contribution is -2.45. The third-order valence-electron chi connectivity index (χ3n) is 4.65. The molecule has 0 bridgehead atoms. The van der Waals surface area contributed by atoms with Crippen molar-refractivity contribution in [3.05, 3.63) is 34.9 Å². The van der Waals surface area contributed by atoms with E-state index < -0.39 is 0 Å². The van der Waals surface area contributed by atoms with Gasteiger partial charge in [-0.25, -0.2) is 0 Å². The molecule has 0 radical (unpaired) electrons. The SMILES string of the molecule is Cc1ccc(C(C)(C)C)cc1C(=O)CCN1CCN(C)CC1. The van der Waals surface area contributed by atoms with Crippen molar-refractivity contribution >= 4 is 5.78 Å². The van der Waals surface area contributed by atoms with Crippen LogP contribution in [0.4, 0.5) is 0 Å². The number of benzene rings is 1. The molecule has 0 saturated carbocycles. The first kappa shape index (κ1) is 17.2. The van der Waals surface area contributed by atoms with E-state index in [-0.39, 0.29) is 11.2 Å². The van der Waals surface area contributed by atoms with Gasteiger partial charge in [0.15, 0.2) is 5.78 Å². The molecule has 2 rings (SSSR count). The van der Waals surface area contributed by atoms with Crippen molar-refractivity contribution in [2.24, 2.45) is 0 Å². The van der Waals surface area contributed by atoms with Gasteiger partial charge in [0, 0.05) is 44.7 Å². The zero-order valence-electron chi connectivity index (χ0n) is 14.8. The van der Waals surface area contributed by atoms with E-state index in [1.54, 1.807) is 0 Å². The molecule has 0 spiro atoms. The maximum absolute atomic E-state index is 12.6. The van der Waals surface area contributed by atoms with Crippen molar-refractivity contribution < 1.29 is 4.79 Å². The van der Waals surface area contributed by atoms with Crippen molar-refractivity contribution in [2.45, 2.75) is 39.5 Å². The van der Waals surface area contributed by atoms with Gasteiger partial charge in [-0.2, -0.15) is 0 Å². The first-order valence-electron chi connectivity index (χ1n) is 8.32. The van der Waals surface area contributed by atoms with Gasteiger partial charge in [0.2, 0.25) is 0 Å². The minimum absolute atomic E-state index is 0.0835. The molecule has 0 atom stereocenters. The average molecular weight is 302 g/mol. The van der Waals surface area contributed by atoms with Gasteiger partial charge >= 0.3 is 0 Å². The molecule has 1 aliphatic heterocycles. The highest BCUT2D eigenvalue weighted by Gasteiger charge is 2.19. The molecule has 1 saturated heterocycles. The molecule has 122 valence electrons. The highest BCUT2D eigenvalue weighted by Crippen LogP contribution is 2.25. The summed E-state index contributed by atoms with van der Waals surface area (Å²) < 4.78 is 0. The lowest BCUT2D eigenvalue weighted by Gasteiger charge is -2.32. The molecule has 1 aromatic carbocycles. The summed E-state index contributed by atoms with van der Waals surface area (Å²) in [7, 11) is 2.16. The average Bonchev–Trinajstić information content (AvgIpc) is 2.45. The molecular formula is C19H30N2O. The molecule has 1 aromatic rings. The summed E-state index contributed by atoms with van der Waals surface area (Å²) in [6.45, 7) is 13.8. The molecule has 0 aromatic heterocycles. The second-order valence-corrected chi connectivity index (χ2v) is 7.60. The predicted octanol–water partition coefficient (Wildman–Crippen LogP) is 3.11. The molecule has 0 unspecified atom stereocenters. The second-order valence-electron chi connectivity index (χ2n) is 7.60. The third kappa shape index (κ3) is 4.40. The number of aryl methyl sites for hydroxylation is 1. The molecule has 0 aliphatic carbocycles. The fourth-order valence-corrected chi connectivity index (χ4v) is 2.85. The predicted molar refractivity (Wildman–Crippen MR) is 92.8 cm³/mol. The fourth-order valence-electron chi connectivity index (χ4n) is 2.85. The Balaban J connectivity index is 2.00. The van der Waals surface area contributed by atoms with Crippen LogP contribution >= 0.6 is 0 Å². The molecule has 1 heterocycles. The molecule has 1 aliphatic rings. The van der Waals surface area contributed by atoms with Crippen LogP contribution in [0, 0.1) is 6.92 Å². The monoisotopic (exact) mass is 302 g/mol. The van der Waals surface area contributed by atoms with Gasteiger partial charge in [-0.05, 0) is 36.6 Å². The summed E-state index contributed by atoms with van der Waals surface area (Å²) >= 11 is 0. The van der Waals surface area contributed by atoms with Crippen LogP contribution in [-0.4, -0.2) is 55.4 Å². The van der Waals surface area contributed by atoms with Crippen LogP contribution in [-0.2, 0) is 5.41 Å². The normalized spacial score (nSPS) is 17.7. The zero-order valence-corrected chi connectivity index (χ0v) is 14.8. The molecule has 22 heavy (non-hydrogen) atoms. The topological polar surface area (TPSA) is 23.6 Å². The Morgan fingerprint density at radius 3 is 2.36 bits per heavy atom. The maximum Gasteiger partial charge on any atom is 0.164 e. The summed E-state index contributed by atoms with van der Waals surface area (Å²) in [5.41, 5.74) is 3.32. The number of Topliss-reactive ketones (excluding diaryl/α,β-unsaturated/α-hetero) is 1. The van der Waals surface area contributed by atoms with E-state index in [1.807, 2.05) is 6.92 Å². The van der Waals surface area contributed by atoms with E-state index >= 15 is 0 Å². The Hall–Kier alpha value is -1.19. The number of likely N-dealkylation sites (N-methyl/N-ethyl adjacent to an activating group) is 1. The third-order valence-corrected chi connectivity index (χ3v) is 4.65. The van der Waals surface area contributed by atoms with Crippen molar-refractivity contribution in [1.29, 1.82) is 0 Å². The van der Waals surface area contributed by atoms with Crippen LogP contribution in [0.5, 0.6) is 0 Å². The molecular weight excluding hydrogens is 272 g/mol. The zero-order chi connectivity index (χ0) is 16.3. The van der Waals surface area contributed by atoms with Crippen molar-refractivity contribution in [1.82, 2.24) is 9.80 Å². The van der Waals surface area contributed by atoms with Crippen molar-refractivity contribution in [2.75, 3.05) is 39.8 Å². The van der Waals surface area contributed by atoms with E-state index in [0.29, 0.717) is 6.42 Å². The summed E-state index contributed by atoms with van der Waals surface area (Å²) in [4.78, 5) is 17.4. The molecule has 3 nitrogen and oxygen atoms in total. The van der Waals surface area contributed by atoms with Crippen LogP contribution in [0.15, 0.2) is 18.2 Å². The lowest BCUT2D eigenvalue weighted by atomic mass is 9.84. The lowest BCUT2D eigenvalue weighted by molar-refractivity contribution is 0.0941. The van der Waals surface area contributed by atoms with Gasteiger partial charge in [0.05, 0.1) is 0 Å². The van der Waals surface area contributed by atoms with Gasteiger partial charge in [-0.15, -0.1) is 0 Å². The number of rotatable bonds is 4. The number of carbonyl (C=O) groups is 1. The smallest absolute Gasteiger partial charge is 0.164 e. The highest BCUT2D eigenvalue weighted by molar-refractivity contribution is 5.97. The molecule has 0 amide bonds. The van der Waals surface area contributed by atoms with Crippen molar-refractivity contribution in [3.63, 3.8) is 0 Å². The van der Waals surface area contributed by atoms with Gasteiger partial charge in [-0.1, -0.05) is 32.9 Å². The van der Waals surface area contributed by atoms with Crippen LogP contribution in [0.25, 0.3) is 0 Å². The minimum Gasteiger partial charge on any atom is -0.304 e. The standard InChI is InChI=1S/C19H30N2O/c1-15-6-7-16(19(2,3)4)14-17(15)18(22)8-9-21-12-10-20(5)11-13-21/h6-7,14H,8-13H2,1-5H3. The highest BCUT2D eigenvalue weighted by atomic mass is 16.1. The van der Waals surface area contributed by atoms with E-state index in [9.17, 15) is 4.79 Å². The number of nitrogens with zero attached hydrogens (tertiary/aromatic N) is 2. The van der Waals surface area contributed by atoms with Crippen LogP contribution in [0.1, 0.15) is 48.7 Å². The number of carbonyl (C=O) groups excluding carboxylic acids is 1. The maximum atomic E-state index is 12.6. The summed E-state index contributed by atoms with van der Waals surface area (Å²) in [5, 5.41) is 0. The van der Waals surface area contributed by atoms with Gasteiger partial charge < -0.3 is 9.80 Å². The van der Waals surface area contributed by atoms with E-state index in [4.69, 9.17) is 0 Å². The molecule has 0 N–H and O–H groups in total. The fraction of sp³-hybridized carbons (Fsp3) is 0.632. The van der Waals surface area contributed by atoms with E-state index in [0.717, 1.165) is 43.9 Å². The second kappa shape index (κ2) is 6.93. The summed E-state index contributed by atoms with van der Waals surface area (Å²) in [6.07, 6.45) is 0.623. The van der Waals surface area contributed by atoms with Gasteiger partial charge in [0.25, 0.3) is 0 Å². The summed E-state index contributed by atoms with van der Waals surface area (Å²) in [5.74, 6) is 0.280. The minimum atomic E-state index is 0.0835. The first-order valence-corrected chi connectivity index (χ1v) is 8.32. The van der Waals surface area contributed by atoms with E-state index in [1.165, 1.54) is 5.56 Å². The largest absolute Gasteiger partial charge is 0.304 e. The van der Waals surface area contributed by atoms with Crippen molar-refractivity contribution in [3.8, 4) is 0 Å². The van der Waals surface area contributed by atoms with Crippen LogP contribution in [0.3, 0.4) is 0 Å². The quantitative estimate of drug-likeness (QED) is 0.799. The van der Waals surface area contributed by atoms with Crippen LogP contribution < -0.4 is 0 Å². The summed E-state index contributed by atoms with van der Waals surface area (Å²) in [6, 6.07) is 6.33. The molecule has 3 heteroatoms.